The molecule has 1 fully saturated rings. The van der Waals surface area contributed by atoms with Crippen molar-refractivity contribution in [1.29, 1.82) is 0 Å². The first-order chi connectivity index (χ1) is 9.24. The number of sulfonamides is 1. The highest BCUT2D eigenvalue weighted by atomic mass is 35.5. The number of halogens is 1. The van der Waals surface area contributed by atoms with Gasteiger partial charge in [0, 0.05) is 32.9 Å². The lowest BCUT2D eigenvalue weighted by atomic mass is 10.2. The summed E-state index contributed by atoms with van der Waals surface area (Å²) in [7, 11) is -1.36. The number of hydrogen-bond donors (Lipinski definition) is 2. The molecule has 1 heterocycles. The van der Waals surface area contributed by atoms with Gasteiger partial charge in [0.05, 0.1) is 0 Å². The Balaban J connectivity index is 0.00000220. The Morgan fingerprint density at radius 1 is 1.38 bits per heavy atom. The third-order valence-electron chi connectivity index (χ3n) is 3.44. The molecule has 0 amide bonds. The molecule has 0 bridgehead atoms. The third-order valence-corrected chi connectivity index (χ3v) is 4.85. The van der Waals surface area contributed by atoms with Crippen molar-refractivity contribution in [2.45, 2.75) is 23.8 Å². The van der Waals surface area contributed by atoms with Crippen LogP contribution < -0.4 is 21.7 Å². The zero-order valence-corrected chi connectivity index (χ0v) is 13.4. The van der Waals surface area contributed by atoms with Crippen LogP contribution in [0.2, 0.25) is 0 Å². The average Bonchev–Trinajstić information content (AvgIpc) is 3.22. The minimum atomic E-state index is -3.98. The minimum absolute atomic E-state index is 0. The van der Waals surface area contributed by atoms with Crippen molar-refractivity contribution in [3.63, 3.8) is 0 Å². The van der Waals surface area contributed by atoms with E-state index in [0.717, 1.165) is 28.2 Å². The van der Waals surface area contributed by atoms with E-state index in [4.69, 9.17) is 5.73 Å². The van der Waals surface area contributed by atoms with Crippen molar-refractivity contribution in [3.8, 4) is 0 Å². The molecule has 3 N–H and O–H groups in total. The molecule has 1 aromatic heterocycles. The molecule has 21 heavy (non-hydrogen) atoms. The summed E-state index contributed by atoms with van der Waals surface area (Å²) in [5.74, 6) is 0.348. The van der Waals surface area contributed by atoms with E-state index in [2.05, 4.69) is 4.72 Å². The molecular formula is C11H19ClN4O4S. The SMILES string of the molecule is Cl.Cn1cc(S(=O)(=O)NCC(N)C2CC2)c(=O)n(C)c1=O. The molecule has 1 unspecified atom stereocenters. The van der Waals surface area contributed by atoms with Gasteiger partial charge >= 0.3 is 5.69 Å². The molecule has 1 saturated carbocycles. The van der Waals surface area contributed by atoms with Crippen LogP contribution in [0.4, 0.5) is 0 Å². The van der Waals surface area contributed by atoms with Gasteiger partial charge in [0.25, 0.3) is 5.56 Å². The highest BCUT2D eigenvalue weighted by Crippen LogP contribution is 2.31. The zero-order chi connectivity index (χ0) is 15.1. The van der Waals surface area contributed by atoms with Gasteiger partial charge in [-0.3, -0.25) is 9.36 Å². The lowest BCUT2D eigenvalue weighted by molar-refractivity contribution is 0.542. The number of nitrogens with two attached hydrogens (primary N) is 1. The van der Waals surface area contributed by atoms with Gasteiger partial charge in [-0.25, -0.2) is 17.9 Å². The van der Waals surface area contributed by atoms with Crippen LogP contribution >= 0.6 is 12.4 Å². The third kappa shape index (κ3) is 3.73. The van der Waals surface area contributed by atoms with Gasteiger partial charge in [0.2, 0.25) is 10.0 Å². The van der Waals surface area contributed by atoms with Crippen LogP contribution in [0.3, 0.4) is 0 Å². The van der Waals surface area contributed by atoms with Crippen molar-refractivity contribution in [2.75, 3.05) is 6.54 Å². The maximum Gasteiger partial charge on any atom is 0.330 e. The second kappa shape index (κ2) is 6.30. The summed E-state index contributed by atoms with van der Waals surface area (Å²) in [5, 5.41) is 0. The summed E-state index contributed by atoms with van der Waals surface area (Å²) < 4.78 is 28.4. The minimum Gasteiger partial charge on any atom is -0.326 e. The normalized spacial score (nSPS) is 16.3. The molecule has 1 aromatic rings. The maximum absolute atomic E-state index is 12.1. The van der Waals surface area contributed by atoms with Gasteiger partial charge in [0.1, 0.15) is 0 Å². The van der Waals surface area contributed by atoms with E-state index in [1.807, 2.05) is 0 Å². The summed E-state index contributed by atoms with van der Waals surface area (Å²) in [5.41, 5.74) is 4.39. The number of nitrogens with one attached hydrogen (secondary N) is 1. The number of nitrogens with zero attached hydrogens (tertiary/aromatic N) is 2. The molecule has 1 aliphatic rings. The smallest absolute Gasteiger partial charge is 0.326 e. The van der Waals surface area contributed by atoms with E-state index in [0.29, 0.717) is 5.92 Å². The highest BCUT2D eigenvalue weighted by Gasteiger charge is 2.30. The molecule has 8 nitrogen and oxygen atoms in total. The molecule has 1 aliphatic carbocycles. The molecule has 1 atom stereocenters. The second-order valence-corrected chi connectivity index (χ2v) is 6.84. The fourth-order valence-corrected chi connectivity index (χ4v) is 3.17. The molecule has 10 heteroatoms. The second-order valence-electron chi connectivity index (χ2n) is 5.10. The number of hydrogen-bond acceptors (Lipinski definition) is 5. The summed E-state index contributed by atoms with van der Waals surface area (Å²) in [6.07, 6.45) is 3.03. The predicted octanol–water partition coefficient (Wildman–Crippen LogP) is -1.48. The van der Waals surface area contributed by atoms with Crippen LogP contribution in [0.15, 0.2) is 20.7 Å². The van der Waals surface area contributed by atoms with E-state index >= 15 is 0 Å². The monoisotopic (exact) mass is 338 g/mol. The van der Waals surface area contributed by atoms with E-state index in [1.165, 1.54) is 14.1 Å². The number of aromatic nitrogens is 2. The molecule has 0 spiro atoms. The van der Waals surface area contributed by atoms with E-state index in [-0.39, 0.29) is 25.0 Å². The van der Waals surface area contributed by atoms with Crippen LogP contribution in [0.25, 0.3) is 0 Å². The molecule has 2 rings (SSSR count). The van der Waals surface area contributed by atoms with Crippen LogP contribution in [-0.2, 0) is 24.1 Å². The van der Waals surface area contributed by atoms with Crippen LogP contribution in [0.1, 0.15) is 12.8 Å². The Bertz CT molecular complexity index is 736. The Morgan fingerprint density at radius 3 is 2.48 bits per heavy atom. The number of aryl methyl sites for hydroxylation is 1. The lowest BCUT2D eigenvalue weighted by Crippen LogP contribution is -2.44. The molecule has 0 aliphatic heterocycles. The van der Waals surface area contributed by atoms with Crippen molar-refractivity contribution in [1.82, 2.24) is 13.9 Å². The number of rotatable bonds is 5. The fourth-order valence-electron chi connectivity index (χ4n) is 1.93. The van der Waals surface area contributed by atoms with Gasteiger partial charge in [-0.1, -0.05) is 0 Å². The van der Waals surface area contributed by atoms with Crippen LogP contribution in [0, 0.1) is 5.92 Å². The van der Waals surface area contributed by atoms with E-state index in [9.17, 15) is 18.0 Å². The summed E-state index contributed by atoms with van der Waals surface area (Å²) in [6.45, 7) is 0.0823. The largest absolute Gasteiger partial charge is 0.330 e. The van der Waals surface area contributed by atoms with E-state index in [1.54, 1.807) is 0 Å². The molecule has 120 valence electrons. The Hall–Kier alpha value is -1.16. The predicted molar refractivity (Wildman–Crippen MR) is 80.1 cm³/mol. The van der Waals surface area contributed by atoms with Crippen LogP contribution in [0.5, 0.6) is 0 Å². The standard InChI is InChI=1S/C11H18N4O4S.ClH/c1-14-6-9(10(16)15(2)11(14)17)20(18,19)13-5-8(12)7-3-4-7;/h6-8,13H,3-5,12H2,1-2H3;1H. The Morgan fingerprint density at radius 2 is 1.95 bits per heavy atom. The quantitative estimate of drug-likeness (QED) is 0.679. The molecule has 0 saturated heterocycles. The summed E-state index contributed by atoms with van der Waals surface area (Å²) in [6, 6.07) is -0.249. The van der Waals surface area contributed by atoms with Gasteiger partial charge in [-0.2, -0.15) is 0 Å². The Kier molecular flexibility index (Phi) is 5.37. The summed E-state index contributed by atoms with van der Waals surface area (Å²) in [4.78, 5) is 22.9. The first kappa shape index (κ1) is 17.9. The highest BCUT2D eigenvalue weighted by molar-refractivity contribution is 7.89. The van der Waals surface area contributed by atoms with Crippen molar-refractivity contribution < 1.29 is 8.42 Å². The van der Waals surface area contributed by atoms with Crippen molar-refractivity contribution in [3.05, 3.63) is 27.0 Å². The zero-order valence-electron chi connectivity index (χ0n) is 11.8. The van der Waals surface area contributed by atoms with Gasteiger partial charge in [-0.05, 0) is 18.8 Å². The topological polar surface area (TPSA) is 116 Å². The van der Waals surface area contributed by atoms with Crippen molar-refractivity contribution >= 4 is 22.4 Å². The first-order valence-corrected chi connectivity index (χ1v) is 7.74. The van der Waals surface area contributed by atoms with Crippen molar-refractivity contribution in [2.24, 2.45) is 25.7 Å². The van der Waals surface area contributed by atoms with Gasteiger partial charge in [0.15, 0.2) is 4.90 Å². The van der Waals surface area contributed by atoms with Crippen LogP contribution in [-0.4, -0.2) is 30.1 Å². The first-order valence-electron chi connectivity index (χ1n) is 6.26. The van der Waals surface area contributed by atoms with E-state index < -0.39 is 26.2 Å². The molecular weight excluding hydrogens is 320 g/mol. The molecule has 0 aromatic carbocycles. The lowest BCUT2D eigenvalue weighted by Gasteiger charge is -2.12. The van der Waals surface area contributed by atoms with Gasteiger partial charge < -0.3 is 10.3 Å². The van der Waals surface area contributed by atoms with Gasteiger partial charge in [-0.15, -0.1) is 12.4 Å². The Labute approximate surface area is 128 Å². The molecule has 0 radical (unpaired) electrons. The summed E-state index contributed by atoms with van der Waals surface area (Å²) >= 11 is 0. The fraction of sp³-hybridized carbons (Fsp3) is 0.636. The maximum atomic E-state index is 12.1. The average molecular weight is 339 g/mol.